The molecule has 180 valence electrons. The summed E-state index contributed by atoms with van der Waals surface area (Å²) < 4.78 is 29.2. The van der Waals surface area contributed by atoms with Crippen LogP contribution in [0.3, 0.4) is 0 Å². The number of rotatable bonds is 4. The van der Waals surface area contributed by atoms with E-state index >= 15 is 0 Å². The second-order valence-electron chi connectivity index (χ2n) is 8.51. The van der Waals surface area contributed by atoms with Gasteiger partial charge in [-0.15, -0.1) is 0 Å². The summed E-state index contributed by atoms with van der Waals surface area (Å²) in [6.45, 7) is -0.624. The smallest absolute Gasteiger partial charge is 0.322 e. The van der Waals surface area contributed by atoms with Crippen molar-refractivity contribution in [2.75, 3.05) is 11.9 Å². The molecule has 3 aromatic rings. The van der Waals surface area contributed by atoms with Crippen molar-refractivity contribution < 1.29 is 28.6 Å². The van der Waals surface area contributed by atoms with E-state index < -0.39 is 59.8 Å². The number of hydrogen-bond acceptors (Lipinski definition) is 5. The molecule has 4 atom stereocenters. The number of pyridine rings is 2. The van der Waals surface area contributed by atoms with E-state index in [1.54, 1.807) is 30.5 Å². The fraction of sp³-hybridized carbons (Fsp3) is 0.250. The molecule has 2 bridgehead atoms. The average molecular weight is 482 g/mol. The molecule has 0 radical (unpaired) electrons. The number of carbonyl (C=O) groups is 2. The van der Waals surface area contributed by atoms with E-state index in [9.17, 15) is 33.4 Å². The Labute approximate surface area is 197 Å². The van der Waals surface area contributed by atoms with Crippen molar-refractivity contribution in [3.63, 3.8) is 0 Å². The van der Waals surface area contributed by atoms with Crippen LogP contribution in [0.25, 0.3) is 11.1 Å². The van der Waals surface area contributed by atoms with Crippen LogP contribution in [0.5, 0.6) is 0 Å². The van der Waals surface area contributed by atoms with Gasteiger partial charge in [-0.1, -0.05) is 6.07 Å². The summed E-state index contributed by atoms with van der Waals surface area (Å²) in [5, 5.41) is 22.4. The number of nitrogens with zero attached hydrogens (tertiary/aromatic N) is 3. The summed E-state index contributed by atoms with van der Waals surface area (Å²) in [5.41, 5.74) is 0.419. The molecular formula is C24H20F2N4O5. The molecule has 5 rings (SSSR count). The summed E-state index contributed by atoms with van der Waals surface area (Å²) in [5.74, 6) is -4.98. The van der Waals surface area contributed by atoms with Crippen LogP contribution in [-0.4, -0.2) is 49.3 Å². The highest BCUT2D eigenvalue weighted by atomic mass is 19.1. The molecule has 2 aliphatic rings. The van der Waals surface area contributed by atoms with Gasteiger partial charge >= 0.3 is 12.0 Å². The van der Waals surface area contributed by atoms with Crippen LogP contribution in [0.15, 0.2) is 59.7 Å². The third-order valence-corrected chi connectivity index (χ3v) is 6.71. The number of carboxylic acids is 1. The third kappa shape index (κ3) is 3.64. The van der Waals surface area contributed by atoms with Crippen LogP contribution in [0, 0.1) is 23.5 Å². The molecule has 0 aliphatic carbocycles. The molecule has 2 aromatic heterocycles. The normalized spacial score (nSPS) is 22.5. The maximum Gasteiger partial charge on any atom is 0.322 e. The number of carbonyl (C=O) groups excluding carboxylic acids is 1. The molecule has 11 heteroatoms. The number of anilines is 1. The van der Waals surface area contributed by atoms with E-state index in [1.165, 1.54) is 15.7 Å². The van der Waals surface area contributed by atoms with E-state index in [0.29, 0.717) is 11.1 Å². The van der Waals surface area contributed by atoms with Crippen molar-refractivity contribution in [1.29, 1.82) is 0 Å². The van der Waals surface area contributed by atoms with Gasteiger partial charge in [0.25, 0.3) is 5.56 Å². The van der Waals surface area contributed by atoms with Crippen LogP contribution in [-0.2, 0) is 11.3 Å². The van der Waals surface area contributed by atoms with Crippen molar-refractivity contribution in [3.05, 3.63) is 82.5 Å². The summed E-state index contributed by atoms with van der Waals surface area (Å²) in [4.78, 5) is 44.1. The van der Waals surface area contributed by atoms with Crippen LogP contribution in [0.1, 0.15) is 11.7 Å². The standard InChI is InChI=1S/C24H20F2N4O5/c25-13-3-5-16(26)17(8-13)28-24(35)30-19-10-29-18(21(30)20(23(33)34)15(19)11-31)6-4-14(22(29)32)12-2-1-7-27-9-12/h1-9,15,19-21,31H,10-11H2,(H,28,35)(H,33,34)/t15-,19-,20+,21+/m0/s1. The van der Waals surface area contributed by atoms with Gasteiger partial charge in [-0.2, -0.15) is 0 Å². The van der Waals surface area contributed by atoms with Gasteiger partial charge in [0.1, 0.15) is 11.6 Å². The molecule has 1 aromatic carbocycles. The molecule has 1 saturated heterocycles. The quantitative estimate of drug-likeness (QED) is 0.525. The number of aliphatic hydroxyl groups excluding tert-OH is 1. The third-order valence-electron chi connectivity index (χ3n) is 6.71. The van der Waals surface area contributed by atoms with Crippen molar-refractivity contribution in [2.45, 2.75) is 18.6 Å². The van der Waals surface area contributed by atoms with Gasteiger partial charge in [0.15, 0.2) is 0 Å². The van der Waals surface area contributed by atoms with Crippen molar-refractivity contribution in [2.24, 2.45) is 11.8 Å². The molecule has 2 amide bonds. The number of carboxylic acid groups (broad SMARTS) is 1. The van der Waals surface area contributed by atoms with Crippen LogP contribution in [0.4, 0.5) is 19.3 Å². The molecule has 4 heterocycles. The van der Waals surface area contributed by atoms with E-state index in [0.717, 1.165) is 18.2 Å². The van der Waals surface area contributed by atoms with Gasteiger partial charge in [-0.05, 0) is 30.3 Å². The summed E-state index contributed by atoms with van der Waals surface area (Å²) in [7, 11) is 0. The second kappa shape index (κ2) is 8.58. The van der Waals surface area contributed by atoms with Crippen LogP contribution < -0.4 is 10.9 Å². The lowest BCUT2D eigenvalue weighted by atomic mass is 9.87. The van der Waals surface area contributed by atoms with Gasteiger partial charge < -0.3 is 25.0 Å². The monoisotopic (exact) mass is 482 g/mol. The average Bonchev–Trinajstić information content (AvgIpc) is 3.09. The van der Waals surface area contributed by atoms with Crippen molar-refractivity contribution >= 4 is 17.7 Å². The first kappa shape index (κ1) is 22.7. The SMILES string of the molecule is O=C(O)[C@@H]1[C@@H](CO)[C@@H]2Cn3c(ccc(-c4cccnc4)c3=O)[C@H]1N2C(=O)Nc1cc(F)ccc1F. The molecule has 0 saturated carbocycles. The minimum Gasteiger partial charge on any atom is -0.481 e. The Kier molecular flexibility index (Phi) is 5.56. The van der Waals surface area contributed by atoms with E-state index in [2.05, 4.69) is 10.3 Å². The number of aromatic nitrogens is 2. The van der Waals surface area contributed by atoms with Gasteiger partial charge in [0, 0.05) is 54.4 Å². The Hall–Kier alpha value is -4.12. The molecule has 0 unspecified atom stereocenters. The highest BCUT2D eigenvalue weighted by Gasteiger charge is 2.57. The predicted molar refractivity (Wildman–Crippen MR) is 119 cm³/mol. The first-order valence-electron chi connectivity index (χ1n) is 10.8. The first-order valence-corrected chi connectivity index (χ1v) is 10.8. The highest BCUT2D eigenvalue weighted by Crippen LogP contribution is 2.48. The second-order valence-corrected chi connectivity index (χ2v) is 8.51. The van der Waals surface area contributed by atoms with Crippen LogP contribution in [0.2, 0.25) is 0 Å². The zero-order valence-corrected chi connectivity index (χ0v) is 18.1. The first-order chi connectivity index (χ1) is 16.8. The Morgan fingerprint density at radius 2 is 1.97 bits per heavy atom. The summed E-state index contributed by atoms with van der Waals surface area (Å²) >= 11 is 0. The lowest BCUT2D eigenvalue weighted by Crippen LogP contribution is -2.50. The predicted octanol–water partition coefficient (Wildman–Crippen LogP) is 2.47. The minimum atomic E-state index is -1.25. The lowest BCUT2D eigenvalue weighted by molar-refractivity contribution is -0.144. The Morgan fingerprint density at radius 3 is 2.66 bits per heavy atom. The van der Waals surface area contributed by atoms with E-state index in [1.807, 2.05) is 0 Å². The molecule has 2 aliphatic heterocycles. The molecule has 9 nitrogen and oxygen atoms in total. The zero-order chi connectivity index (χ0) is 24.9. The summed E-state index contributed by atoms with van der Waals surface area (Å²) in [6.07, 6.45) is 3.10. The molecule has 1 fully saturated rings. The van der Waals surface area contributed by atoms with Crippen LogP contribution >= 0.6 is 0 Å². The highest BCUT2D eigenvalue weighted by molar-refractivity contribution is 5.91. The number of halogens is 2. The maximum atomic E-state index is 14.2. The number of urea groups is 1. The van der Waals surface area contributed by atoms with Gasteiger partial charge in [0.05, 0.1) is 23.7 Å². The van der Waals surface area contributed by atoms with Gasteiger partial charge in [-0.3, -0.25) is 14.6 Å². The fourth-order valence-corrected chi connectivity index (χ4v) is 5.18. The minimum absolute atomic E-state index is 0.0766. The van der Waals surface area contributed by atoms with E-state index in [-0.39, 0.29) is 17.8 Å². The van der Waals surface area contributed by atoms with E-state index in [4.69, 9.17) is 0 Å². The largest absolute Gasteiger partial charge is 0.481 e. The Bertz CT molecular complexity index is 1380. The number of benzene rings is 1. The number of nitrogens with one attached hydrogen (secondary N) is 1. The fourth-order valence-electron chi connectivity index (χ4n) is 5.18. The Balaban J connectivity index is 1.60. The number of fused-ring (bicyclic) bond motifs is 4. The Morgan fingerprint density at radius 1 is 1.17 bits per heavy atom. The van der Waals surface area contributed by atoms with Gasteiger partial charge in [0.2, 0.25) is 0 Å². The molecular weight excluding hydrogens is 462 g/mol. The lowest BCUT2D eigenvalue weighted by Gasteiger charge is -2.38. The number of amides is 2. The summed E-state index contributed by atoms with van der Waals surface area (Å²) in [6, 6.07) is 6.25. The van der Waals surface area contributed by atoms with Crippen molar-refractivity contribution in [3.8, 4) is 11.1 Å². The number of aliphatic carboxylic acids is 1. The molecule has 3 N–H and O–H groups in total. The maximum absolute atomic E-state index is 14.2. The zero-order valence-electron chi connectivity index (χ0n) is 18.1. The van der Waals surface area contributed by atoms with Gasteiger partial charge in [-0.25, -0.2) is 13.6 Å². The van der Waals surface area contributed by atoms with Crippen molar-refractivity contribution in [1.82, 2.24) is 14.5 Å². The molecule has 35 heavy (non-hydrogen) atoms. The topological polar surface area (TPSA) is 125 Å². The number of hydrogen-bond donors (Lipinski definition) is 3. The number of aliphatic hydroxyl groups is 1. The molecule has 0 spiro atoms.